The molecule has 0 aliphatic carbocycles. The average molecular weight is 382 g/mol. The summed E-state index contributed by atoms with van der Waals surface area (Å²) in [6, 6.07) is 15.9. The number of halogens is 1. The summed E-state index contributed by atoms with van der Waals surface area (Å²) < 4.78 is 4.29. The van der Waals surface area contributed by atoms with Crippen LogP contribution >= 0.6 is 23.8 Å². The zero-order chi connectivity index (χ0) is 18.0. The minimum Gasteiger partial charge on any atom is -0.493 e. The smallest absolute Gasteiger partial charge is 0.213 e. The van der Waals surface area contributed by atoms with Crippen LogP contribution in [0, 0.1) is 4.77 Å². The Morgan fingerprint density at radius 2 is 2.00 bits per heavy atom. The maximum absolute atomic E-state index is 10.7. The molecule has 5 rings (SSSR count). The van der Waals surface area contributed by atoms with Gasteiger partial charge in [-0.15, -0.1) is 0 Å². The van der Waals surface area contributed by atoms with E-state index in [0.29, 0.717) is 16.2 Å². The van der Waals surface area contributed by atoms with E-state index in [2.05, 4.69) is 17.1 Å². The molecule has 0 amide bonds. The fourth-order valence-electron chi connectivity index (χ4n) is 4.03. The van der Waals surface area contributed by atoms with Gasteiger partial charge in [0.2, 0.25) is 5.88 Å². The molecule has 26 heavy (non-hydrogen) atoms. The van der Waals surface area contributed by atoms with Gasteiger partial charge in [0.05, 0.1) is 5.69 Å². The van der Waals surface area contributed by atoms with Crippen molar-refractivity contribution < 1.29 is 5.11 Å². The van der Waals surface area contributed by atoms with Gasteiger partial charge in [-0.3, -0.25) is 4.57 Å². The molecule has 0 saturated heterocycles. The van der Waals surface area contributed by atoms with Crippen molar-refractivity contribution in [2.24, 2.45) is 7.05 Å². The number of rotatable bonds is 1. The van der Waals surface area contributed by atoms with Crippen LogP contribution in [0.3, 0.4) is 0 Å². The molecule has 130 valence electrons. The number of nitrogens with zero attached hydrogens (tertiary/aromatic N) is 2. The van der Waals surface area contributed by atoms with Crippen molar-refractivity contribution in [1.29, 1.82) is 0 Å². The molecule has 0 fully saturated rings. The number of benzene rings is 2. The summed E-state index contributed by atoms with van der Waals surface area (Å²) in [5.74, 6) is 0.220. The number of fused-ring (bicyclic) bond motifs is 4. The molecule has 0 bridgehead atoms. The third-order valence-electron chi connectivity index (χ3n) is 5.25. The molecule has 1 aliphatic rings. The van der Waals surface area contributed by atoms with Gasteiger partial charge in [0.1, 0.15) is 6.04 Å². The molecular formula is C20H16ClN3OS. The fraction of sp³-hybridized carbons (Fsp3) is 0.150. The number of aromatic nitrogens is 3. The van der Waals surface area contributed by atoms with E-state index in [1.807, 2.05) is 41.0 Å². The molecule has 2 aromatic carbocycles. The summed E-state index contributed by atoms with van der Waals surface area (Å²) in [4.78, 5) is 3.58. The summed E-state index contributed by atoms with van der Waals surface area (Å²) in [5.41, 5.74) is 5.25. The van der Waals surface area contributed by atoms with Crippen molar-refractivity contribution in [3.8, 4) is 5.88 Å². The molecule has 0 spiro atoms. The Balaban J connectivity index is 1.89. The quantitative estimate of drug-likeness (QED) is 0.404. The number of hydrogen-bond acceptors (Lipinski definition) is 2. The van der Waals surface area contributed by atoms with E-state index in [9.17, 15) is 5.11 Å². The summed E-state index contributed by atoms with van der Waals surface area (Å²) in [7, 11) is 1.80. The van der Waals surface area contributed by atoms with Crippen LogP contribution in [0.5, 0.6) is 5.88 Å². The second kappa shape index (κ2) is 5.50. The first-order chi connectivity index (χ1) is 12.6. The molecule has 3 heterocycles. The lowest BCUT2D eigenvalue weighted by Crippen LogP contribution is -2.21. The van der Waals surface area contributed by atoms with Gasteiger partial charge in [-0.1, -0.05) is 41.9 Å². The van der Waals surface area contributed by atoms with Crippen LogP contribution in [-0.2, 0) is 13.5 Å². The molecule has 4 nitrogen and oxygen atoms in total. The maximum Gasteiger partial charge on any atom is 0.213 e. The van der Waals surface area contributed by atoms with Crippen molar-refractivity contribution in [3.63, 3.8) is 0 Å². The first kappa shape index (κ1) is 15.7. The summed E-state index contributed by atoms with van der Waals surface area (Å²) in [5, 5.41) is 12.5. The van der Waals surface area contributed by atoms with Gasteiger partial charge in [0.25, 0.3) is 0 Å². The van der Waals surface area contributed by atoms with Crippen molar-refractivity contribution in [1.82, 2.24) is 14.1 Å². The summed E-state index contributed by atoms with van der Waals surface area (Å²) in [6.07, 6.45) is 0.632. The SMILES string of the molecule is Cn1c(O)c2n(c1=S)C(c1cccc(Cl)c1)c1[nH]c3ccccc3c1C2. The van der Waals surface area contributed by atoms with Crippen molar-refractivity contribution >= 4 is 34.7 Å². The Bertz CT molecular complexity index is 1230. The van der Waals surface area contributed by atoms with Crippen molar-refractivity contribution in [2.45, 2.75) is 12.5 Å². The largest absolute Gasteiger partial charge is 0.493 e. The maximum atomic E-state index is 10.7. The van der Waals surface area contributed by atoms with E-state index < -0.39 is 0 Å². The third-order valence-corrected chi connectivity index (χ3v) is 5.95. The van der Waals surface area contributed by atoms with E-state index in [-0.39, 0.29) is 11.9 Å². The van der Waals surface area contributed by atoms with Crippen LogP contribution in [0.4, 0.5) is 0 Å². The number of imidazole rings is 1. The van der Waals surface area contributed by atoms with Gasteiger partial charge in [0, 0.05) is 35.1 Å². The molecular weight excluding hydrogens is 366 g/mol. The van der Waals surface area contributed by atoms with E-state index >= 15 is 0 Å². The van der Waals surface area contributed by atoms with Gasteiger partial charge >= 0.3 is 0 Å². The molecule has 0 radical (unpaired) electrons. The number of H-pyrrole nitrogens is 1. The number of nitrogens with one attached hydrogen (secondary N) is 1. The van der Waals surface area contributed by atoms with E-state index in [1.54, 1.807) is 11.6 Å². The lowest BCUT2D eigenvalue weighted by atomic mass is 9.93. The van der Waals surface area contributed by atoms with E-state index in [1.165, 1.54) is 10.9 Å². The highest BCUT2D eigenvalue weighted by molar-refractivity contribution is 7.71. The highest BCUT2D eigenvalue weighted by Gasteiger charge is 2.33. The standard InChI is InChI=1S/C20H16ClN3OS/c1-23-19(25)16-10-14-13-7-2-3-8-15(13)22-17(14)18(24(16)20(23)26)11-5-4-6-12(21)9-11/h2-9,18,22,25H,10H2,1H3. The average Bonchev–Trinajstić information content (AvgIpc) is 3.12. The number of hydrogen-bond donors (Lipinski definition) is 2. The second-order valence-electron chi connectivity index (χ2n) is 6.68. The zero-order valence-electron chi connectivity index (χ0n) is 14.0. The predicted octanol–water partition coefficient (Wildman–Crippen LogP) is 4.94. The molecule has 1 aliphatic heterocycles. The Kier molecular flexibility index (Phi) is 3.33. The summed E-state index contributed by atoms with van der Waals surface area (Å²) >= 11 is 11.9. The molecule has 6 heteroatoms. The molecule has 1 atom stereocenters. The first-order valence-electron chi connectivity index (χ1n) is 8.40. The Hall–Kier alpha value is -2.50. The normalized spacial score (nSPS) is 15.8. The van der Waals surface area contributed by atoms with Gasteiger partial charge in [-0.05, 0) is 41.5 Å². The molecule has 2 N–H and O–H groups in total. The third kappa shape index (κ3) is 2.04. The molecule has 2 aromatic heterocycles. The van der Waals surface area contributed by atoms with Crippen molar-refractivity contribution in [2.75, 3.05) is 0 Å². The highest BCUT2D eigenvalue weighted by atomic mass is 35.5. The van der Waals surface area contributed by atoms with E-state index in [4.69, 9.17) is 23.8 Å². The van der Waals surface area contributed by atoms with Gasteiger partial charge < -0.3 is 14.7 Å². The topological polar surface area (TPSA) is 45.9 Å². The van der Waals surface area contributed by atoms with Crippen LogP contribution in [0.25, 0.3) is 10.9 Å². The molecule has 0 saturated carbocycles. The second-order valence-corrected chi connectivity index (χ2v) is 7.48. The Labute approximate surface area is 160 Å². The van der Waals surface area contributed by atoms with Gasteiger partial charge in [-0.2, -0.15) is 0 Å². The van der Waals surface area contributed by atoms with Crippen molar-refractivity contribution in [3.05, 3.63) is 80.8 Å². The zero-order valence-corrected chi connectivity index (χ0v) is 15.6. The number of aromatic amines is 1. The van der Waals surface area contributed by atoms with Crippen LogP contribution in [0.1, 0.15) is 28.6 Å². The highest BCUT2D eigenvalue weighted by Crippen LogP contribution is 2.42. The molecule has 1 unspecified atom stereocenters. The Morgan fingerprint density at radius 3 is 2.81 bits per heavy atom. The minimum absolute atomic E-state index is 0.153. The lowest BCUT2D eigenvalue weighted by molar-refractivity contribution is 0.424. The first-order valence-corrected chi connectivity index (χ1v) is 9.19. The van der Waals surface area contributed by atoms with Crippen LogP contribution in [0.15, 0.2) is 48.5 Å². The predicted molar refractivity (Wildman–Crippen MR) is 106 cm³/mol. The number of aromatic hydroxyl groups is 1. The van der Waals surface area contributed by atoms with Crippen LogP contribution in [0.2, 0.25) is 5.02 Å². The van der Waals surface area contributed by atoms with Gasteiger partial charge in [0.15, 0.2) is 4.77 Å². The Morgan fingerprint density at radius 1 is 1.19 bits per heavy atom. The lowest BCUT2D eigenvalue weighted by Gasteiger charge is -2.26. The fourth-order valence-corrected chi connectivity index (χ4v) is 4.53. The molecule has 4 aromatic rings. The number of para-hydroxylation sites is 1. The summed E-state index contributed by atoms with van der Waals surface area (Å²) in [6.45, 7) is 0. The monoisotopic (exact) mass is 381 g/mol. The van der Waals surface area contributed by atoms with Crippen LogP contribution in [-0.4, -0.2) is 19.2 Å². The van der Waals surface area contributed by atoms with Gasteiger partial charge in [-0.25, -0.2) is 0 Å². The minimum atomic E-state index is -0.153. The van der Waals surface area contributed by atoms with Crippen LogP contribution < -0.4 is 0 Å². The van der Waals surface area contributed by atoms with E-state index in [0.717, 1.165) is 22.5 Å².